The van der Waals surface area contributed by atoms with Crippen LogP contribution in [0.2, 0.25) is 5.02 Å². The number of benzene rings is 2. The Labute approximate surface area is 170 Å². The first-order chi connectivity index (χ1) is 13.0. The van der Waals surface area contributed by atoms with Crippen LogP contribution >= 0.6 is 34.7 Å². The molecule has 0 fully saturated rings. The van der Waals surface area contributed by atoms with E-state index in [1.807, 2.05) is 30.3 Å². The lowest BCUT2D eigenvalue weighted by Crippen LogP contribution is -2.32. The number of anilines is 1. The van der Waals surface area contributed by atoms with Crippen molar-refractivity contribution < 1.29 is 14.3 Å². The lowest BCUT2D eigenvalue weighted by Gasteiger charge is -2.19. The van der Waals surface area contributed by atoms with Crippen LogP contribution in [0.3, 0.4) is 0 Å². The molecular formula is C19H17ClN2O3S2. The van der Waals surface area contributed by atoms with Crippen molar-refractivity contribution >= 4 is 61.1 Å². The zero-order valence-electron chi connectivity index (χ0n) is 14.8. The first-order valence-corrected chi connectivity index (χ1v) is 10.3. The fourth-order valence-electron chi connectivity index (χ4n) is 2.49. The fraction of sp³-hybridized carbons (Fsp3) is 0.211. The second-order valence-electron chi connectivity index (χ2n) is 5.67. The number of hydrogen-bond donors (Lipinski definition) is 0. The summed E-state index contributed by atoms with van der Waals surface area (Å²) >= 11 is 8.63. The summed E-state index contributed by atoms with van der Waals surface area (Å²) in [6, 6.07) is 13.1. The van der Waals surface area contributed by atoms with Crippen LogP contribution in [0.25, 0.3) is 10.2 Å². The number of rotatable bonds is 6. The van der Waals surface area contributed by atoms with E-state index in [2.05, 4.69) is 4.98 Å². The largest absolute Gasteiger partial charge is 0.494 e. The molecule has 0 atom stereocenters. The van der Waals surface area contributed by atoms with Gasteiger partial charge in [0.05, 0.1) is 29.1 Å². The quantitative estimate of drug-likeness (QED) is 0.574. The number of aromatic nitrogens is 1. The van der Waals surface area contributed by atoms with Crippen molar-refractivity contribution in [1.29, 1.82) is 0 Å². The Morgan fingerprint density at radius 1 is 1.22 bits per heavy atom. The number of nitrogens with zero attached hydrogens (tertiary/aromatic N) is 2. The highest BCUT2D eigenvalue weighted by molar-refractivity contribution is 8.14. The van der Waals surface area contributed by atoms with Crippen molar-refractivity contribution in [1.82, 2.24) is 4.98 Å². The van der Waals surface area contributed by atoms with Crippen molar-refractivity contribution in [2.45, 2.75) is 13.5 Å². The van der Waals surface area contributed by atoms with E-state index in [0.29, 0.717) is 28.0 Å². The van der Waals surface area contributed by atoms with E-state index in [9.17, 15) is 9.59 Å². The average Bonchev–Trinajstić information content (AvgIpc) is 3.11. The Balaban J connectivity index is 2.01. The standard InChI is InChI=1S/C19H17ClN2O3S2/c1-12(23)26-11-16(24)22(10-13-6-4-3-5-7-13)19-21-17-15(25-2)9-8-14(20)18(17)27-19/h3-9H,10-11H2,1-2H3. The minimum Gasteiger partial charge on any atom is -0.494 e. The van der Waals surface area contributed by atoms with Gasteiger partial charge >= 0.3 is 0 Å². The van der Waals surface area contributed by atoms with Crippen LogP contribution in [-0.2, 0) is 16.1 Å². The van der Waals surface area contributed by atoms with Crippen LogP contribution in [0.5, 0.6) is 5.75 Å². The number of thiazole rings is 1. The molecule has 0 radical (unpaired) electrons. The Bertz CT molecular complexity index is 976. The molecule has 1 amide bonds. The molecule has 3 aromatic rings. The fourth-order valence-corrected chi connectivity index (χ4v) is 4.25. The summed E-state index contributed by atoms with van der Waals surface area (Å²) < 4.78 is 6.13. The number of ether oxygens (including phenoxy) is 1. The highest BCUT2D eigenvalue weighted by Crippen LogP contribution is 2.39. The summed E-state index contributed by atoms with van der Waals surface area (Å²) in [4.78, 5) is 30.3. The Hall–Kier alpha value is -2.09. The third kappa shape index (κ3) is 4.61. The van der Waals surface area contributed by atoms with E-state index in [-0.39, 0.29) is 16.8 Å². The van der Waals surface area contributed by atoms with Gasteiger partial charge < -0.3 is 4.74 Å². The van der Waals surface area contributed by atoms with Gasteiger partial charge in [0.25, 0.3) is 0 Å². The van der Waals surface area contributed by atoms with Gasteiger partial charge in [-0.1, -0.05) is 65.0 Å². The smallest absolute Gasteiger partial charge is 0.239 e. The molecule has 0 aliphatic heterocycles. The van der Waals surface area contributed by atoms with Crippen LogP contribution in [0.1, 0.15) is 12.5 Å². The first-order valence-electron chi connectivity index (χ1n) is 8.10. The maximum atomic E-state index is 12.8. The van der Waals surface area contributed by atoms with E-state index in [4.69, 9.17) is 16.3 Å². The zero-order valence-corrected chi connectivity index (χ0v) is 17.2. The molecule has 0 spiro atoms. The number of fused-ring (bicyclic) bond motifs is 1. The van der Waals surface area contributed by atoms with Crippen molar-refractivity contribution in [3.8, 4) is 5.75 Å². The second-order valence-corrected chi connectivity index (χ2v) is 8.21. The minimum atomic E-state index is -0.187. The molecule has 2 aromatic carbocycles. The molecule has 0 N–H and O–H groups in total. The molecule has 0 unspecified atom stereocenters. The van der Waals surface area contributed by atoms with E-state index >= 15 is 0 Å². The Kier molecular flexibility index (Phi) is 6.36. The molecule has 0 saturated carbocycles. The number of amides is 1. The van der Waals surface area contributed by atoms with Gasteiger partial charge in [-0.3, -0.25) is 14.5 Å². The maximum Gasteiger partial charge on any atom is 0.239 e. The van der Waals surface area contributed by atoms with Crippen molar-refractivity contribution in [2.24, 2.45) is 0 Å². The number of thioether (sulfide) groups is 1. The summed E-state index contributed by atoms with van der Waals surface area (Å²) in [6.07, 6.45) is 0. The van der Waals surface area contributed by atoms with Gasteiger partial charge in [-0.15, -0.1) is 0 Å². The maximum absolute atomic E-state index is 12.8. The van der Waals surface area contributed by atoms with Crippen molar-refractivity contribution in [3.05, 3.63) is 53.1 Å². The van der Waals surface area contributed by atoms with Gasteiger partial charge in [-0.05, 0) is 17.7 Å². The molecule has 8 heteroatoms. The number of methoxy groups -OCH3 is 1. The Morgan fingerprint density at radius 2 is 1.96 bits per heavy atom. The van der Waals surface area contributed by atoms with Crippen LogP contribution < -0.4 is 9.64 Å². The summed E-state index contributed by atoms with van der Waals surface area (Å²) in [5, 5.41) is 0.978. The minimum absolute atomic E-state index is 0.0585. The van der Waals surface area contributed by atoms with Crippen LogP contribution in [-0.4, -0.2) is 28.9 Å². The summed E-state index contributed by atoms with van der Waals surface area (Å²) in [6.45, 7) is 1.81. The molecule has 0 aliphatic carbocycles. The zero-order chi connectivity index (χ0) is 19.4. The second kappa shape index (κ2) is 8.73. The SMILES string of the molecule is COc1ccc(Cl)c2sc(N(Cc3ccccc3)C(=O)CSC(C)=O)nc12. The molecular weight excluding hydrogens is 404 g/mol. The van der Waals surface area contributed by atoms with E-state index in [1.165, 1.54) is 18.3 Å². The van der Waals surface area contributed by atoms with Gasteiger partial charge in [0.2, 0.25) is 5.91 Å². The third-order valence-corrected chi connectivity index (χ3v) is 6.12. The molecule has 1 heterocycles. The predicted octanol–water partition coefficient (Wildman–Crippen LogP) is 4.77. The van der Waals surface area contributed by atoms with Crippen LogP contribution in [0.4, 0.5) is 5.13 Å². The molecule has 0 saturated heterocycles. The lowest BCUT2D eigenvalue weighted by molar-refractivity contribution is -0.116. The van der Waals surface area contributed by atoms with E-state index in [1.54, 1.807) is 24.1 Å². The first kappa shape index (κ1) is 19.7. The van der Waals surface area contributed by atoms with E-state index in [0.717, 1.165) is 22.0 Å². The summed E-state index contributed by atoms with van der Waals surface area (Å²) in [7, 11) is 1.57. The number of hydrogen-bond acceptors (Lipinski definition) is 6. The normalized spacial score (nSPS) is 10.8. The molecule has 140 valence electrons. The highest BCUT2D eigenvalue weighted by atomic mass is 35.5. The molecule has 1 aromatic heterocycles. The monoisotopic (exact) mass is 420 g/mol. The van der Waals surface area contributed by atoms with Crippen LogP contribution in [0.15, 0.2) is 42.5 Å². The molecule has 27 heavy (non-hydrogen) atoms. The molecule has 0 bridgehead atoms. The average molecular weight is 421 g/mol. The van der Waals surface area contributed by atoms with E-state index < -0.39 is 0 Å². The summed E-state index contributed by atoms with van der Waals surface area (Å²) in [5.74, 6) is 0.471. The number of carbonyl (C=O) groups is 2. The van der Waals surface area contributed by atoms with Gasteiger partial charge in [0.1, 0.15) is 11.3 Å². The number of halogens is 1. The summed E-state index contributed by atoms with van der Waals surface area (Å²) in [5.41, 5.74) is 1.59. The van der Waals surface area contributed by atoms with Crippen molar-refractivity contribution in [3.63, 3.8) is 0 Å². The van der Waals surface area contributed by atoms with Gasteiger partial charge in [-0.25, -0.2) is 4.98 Å². The Morgan fingerprint density at radius 3 is 2.63 bits per heavy atom. The number of carbonyl (C=O) groups excluding carboxylic acids is 2. The third-order valence-electron chi connectivity index (χ3n) is 3.78. The van der Waals surface area contributed by atoms with Gasteiger partial charge in [-0.2, -0.15) is 0 Å². The van der Waals surface area contributed by atoms with Crippen LogP contribution in [0, 0.1) is 0 Å². The van der Waals surface area contributed by atoms with Crippen molar-refractivity contribution in [2.75, 3.05) is 17.8 Å². The highest BCUT2D eigenvalue weighted by Gasteiger charge is 2.22. The topological polar surface area (TPSA) is 59.5 Å². The predicted molar refractivity (Wildman–Crippen MR) is 112 cm³/mol. The van der Waals surface area contributed by atoms with Gasteiger partial charge in [0, 0.05) is 6.92 Å². The molecule has 3 rings (SSSR count). The lowest BCUT2D eigenvalue weighted by atomic mass is 10.2. The molecule has 5 nitrogen and oxygen atoms in total. The molecule has 0 aliphatic rings. The van der Waals surface area contributed by atoms with Gasteiger partial charge in [0.15, 0.2) is 10.2 Å².